The van der Waals surface area contributed by atoms with Gasteiger partial charge in [-0.3, -0.25) is 0 Å². The molecule has 0 amide bonds. The van der Waals surface area contributed by atoms with Crippen molar-refractivity contribution in [2.45, 2.75) is 89.4 Å². The summed E-state index contributed by atoms with van der Waals surface area (Å²) in [4.78, 5) is 0. The van der Waals surface area contributed by atoms with Gasteiger partial charge in [-0.25, -0.2) is 0 Å². The molecular formula is C24H36O3. The molecule has 3 fully saturated rings. The van der Waals surface area contributed by atoms with E-state index in [4.69, 9.17) is 9.47 Å². The number of fused-ring (bicyclic) bond motifs is 4. The molecule has 3 heteroatoms. The summed E-state index contributed by atoms with van der Waals surface area (Å²) in [7, 11) is 0. The molecule has 5 atom stereocenters. The Kier molecular flexibility index (Phi) is 4.38. The first-order valence-electron chi connectivity index (χ1n) is 11.4. The molecule has 1 aliphatic heterocycles. The van der Waals surface area contributed by atoms with Crippen molar-refractivity contribution in [3.63, 3.8) is 0 Å². The van der Waals surface area contributed by atoms with Crippen molar-refractivity contribution in [2.24, 2.45) is 23.2 Å². The molecule has 1 N–H and O–H groups in total. The summed E-state index contributed by atoms with van der Waals surface area (Å²) in [5.74, 6) is 1.89. The Balaban J connectivity index is 1.40. The van der Waals surface area contributed by atoms with Gasteiger partial charge in [0.2, 0.25) is 0 Å². The van der Waals surface area contributed by atoms with Crippen molar-refractivity contribution in [1.82, 2.24) is 0 Å². The van der Waals surface area contributed by atoms with E-state index in [-0.39, 0.29) is 11.2 Å². The second kappa shape index (κ2) is 6.43. The van der Waals surface area contributed by atoms with Gasteiger partial charge in [0.05, 0.1) is 18.8 Å². The minimum Gasteiger partial charge on any atom is -0.385 e. The summed E-state index contributed by atoms with van der Waals surface area (Å²) in [6.45, 7) is 6.15. The number of allylic oxidation sites excluding steroid dienone is 2. The maximum absolute atomic E-state index is 11.4. The number of aliphatic hydroxyl groups is 1. The molecule has 0 bridgehead atoms. The van der Waals surface area contributed by atoms with Crippen molar-refractivity contribution in [1.29, 1.82) is 0 Å². The molecule has 0 radical (unpaired) electrons. The second-order valence-corrected chi connectivity index (χ2v) is 10.1. The van der Waals surface area contributed by atoms with Crippen LogP contribution < -0.4 is 0 Å². The zero-order valence-corrected chi connectivity index (χ0v) is 17.1. The lowest BCUT2D eigenvalue weighted by atomic mass is 9.52. The van der Waals surface area contributed by atoms with Gasteiger partial charge in [0.25, 0.3) is 0 Å². The average Bonchev–Trinajstić information content (AvgIpc) is 2.93. The van der Waals surface area contributed by atoms with Crippen LogP contribution in [-0.2, 0) is 9.47 Å². The monoisotopic (exact) mass is 372 g/mol. The highest BCUT2D eigenvalue weighted by atomic mass is 16.7. The SMILES string of the molecule is C/C=C\[C@]1(O)CC[C@H]2[C@@H]3CCC4=C(CCC5(C4)OCCCO5)[C@H]3CC[C@@]21C. The van der Waals surface area contributed by atoms with Crippen LogP contribution in [0.2, 0.25) is 0 Å². The highest BCUT2D eigenvalue weighted by Gasteiger charge is 2.61. The van der Waals surface area contributed by atoms with Gasteiger partial charge in [-0.15, -0.1) is 0 Å². The second-order valence-electron chi connectivity index (χ2n) is 10.1. The zero-order valence-electron chi connectivity index (χ0n) is 17.1. The van der Waals surface area contributed by atoms with Crippen LogP contribution >= 0.6 is 0 Å². The molecule has 0 aromatic heterocycles. The molecule has 0 aromatic rings. The molecule has 3 nitrogen and oxygen atoms in total. The van der Waals surface area contributed by atoms with E-state index >= 15 is 0 Å². The number of ether oxygens (including phenoxy) is 2. The Morgan fingerprint density at radius 3 is 2.63 bits per heavy atom. The highest BCUT2D eigenvalue weighted by molar-refractivity contribution is 5.29. The maximum Gasteiger partial charge on any atom is 0.172 e. The summed E-state index contributed by atoms with van der Waals surface area (Å²) in [5.41, 5.74) is 2.89. The summed E-state index contributed by atoms with van der Waals surface area (Å²) < 4.78 is 12.3. The van der Waals surface area contributed by atoms with Crippen LogP contribution in [0.25, 0.3) is 0 Å². The molecular weight excluding hydrogens is 336 g/mol. The number of hydrogen-bond donors (Lipinski definition) is 1. The lowest BCUT2D eigenvalue weighted by molar-refractivity contribution is -0.272. The van der Waals surface area contributed by atoms with Crippen LogP contribution in [0.4, 0.5) is 0 Å². The predicted octanol–water partition coefficient (Wildman–Crippen LogP) is 5.14. The first-order chi connectivity index (χ1) is 13.0. The summed E-state index contributed by atoms with van der Waals surface area (Å²) in [6, 6.07) is 0. The third-order valence-corrected chi connectivity index (χ3v) is 9.05. The van der Waals surface area contributed by atoms with Gasteiger partial charge >= 0.3 is 0 Å². The molecule has 27 heavy (non-hydrogen) atoms. The minimum atomic E-state index is -0.591. The van der Waals surface area contributed by atoms with Crippen molar-refractivity contribution >= 4 is 0 Å². The maximum atomic E-state index is 11.4. The van der Waals surface area contributed by atoms with Gasteiger partial charge in [0.1, 0.15) is 0 Å². The Labute approximate surface area is 164 Å². The van der Waals surface area contributed by atoms with Crippen LogP contribution in [0, 0.1) is 23.2 Å². The van der Waals surface area contributed by atoms with E-state index in [1.165, 1.54) is 32.1 Å². The summed E-state index contributed by atoms with van der Waals surface area (Å²) >= 11 is 0. The van der Waals surface area contributed by atoms with Crippen LogP contribution in [0.15, 0.2) is 23.3 Å². The molecule has 150 valence electrons. The molecule has 5 aliphatic rings. The zero-order chi connectivity index (χ0) is 18.7. The van der Waals surface area contributed by atoms with Crippen LogP contribution in [0.3, 0.4) is 0 Å². The first kappa shape index (κ1) is 18.4. The Bertz CT molecular complexity index is 659. The predicted molar refractivity (Wildman–Crippen MR) is 106 cm³/mol. The van der Waals surface area contributed by atoms with Crippen molar-refractivity contribution in [3.05, 3.63) is 23.3 Å². The molecule has 1 saturated heterocycles. The third-order valence-electron chi connectivity index (χ3n) is 9.05. The van der Waals surface area contributed by atoms with Gasteiger partial charge < -0.3 is 14.6 Å². The fourth-order valence-corrected chi connectivity index (χ4v) is 7.65. The average molecular weight is 373 g/mol. The van der Waals surface area contributed by atoms with Gasteiger partial charge in [-0.1, -0.05) is 30.2 Å². The van der Waals surface area contributed by atoms with Crippen LogP contribution in [0.1, 0.15) is 78.1 Å². The van der Waals surface area contributed by atoms with Gasteiger partial charge in [0.15, 0.2) is 5.79 Å². The van der Waals surface area contributed by atoms with E-state index in [0.717, 1.165) is 57.2 Å². The molecule has 1 heterocycles. The van der Waals surface area contributed by atoms with Crippen molar-refractivity contribution in [2.75, 3.05) is 13.2 Å². The lowest BCUT2D eigenvalue weighted by Gasteiger charge is -2.54. The molecule has 2 saturated carbocycles. The number of hydrogen-bond acceptors (Lipinski definition) is 3. The Hall–Kier alpha value is -0.640. The molecule has 5 rings (SSSR count). The van der Waals surface area contributed by atoms with Crippen LogP contribution in [0.5, 0.6) is 0 Å². The van der Waals surface area contributed by atoms with E-state index in [1.807, 2.05) is 6.92 Å². The summed E-state index contributed by atoms with van der Waals surface area (Å²) in [5, 5.41) is 11.4. The third kappa shape index (κ3) is 2.64. The van der Waals surface area contributed by atoms with E-state index in [0.29, 0.717) is 5.92 Å². The largest absolute Gasteiger partial charge is 0.385 e. The molecule has 1 spiro atoms. The molecule has 4 aliphatic carbocycles. The van der Waals surface area contributed by atoms with Crippen LogP contribution in [-0.4, -0.2) is 29.7 Å². The van der Waals surface area contributed by atoms with E-state index in [9.17, 15) is 5.11 Å². The smallest absolute Gasteiger partial charge is 0.172 e. The Morgan fingerprint density at radius 1 is 1.04 bits per heavy atom. The number of rotatable bonds is 1. The fourth-order valence-electron chi connectivity index (χ4n) is 7.65. The van der Waals surface area contributed by atoms with Gasteiger partial charge in [-0.05, 0) is 76.0 Å². The van der Waals surface area contributed by atoms with Gasteiger partial charge in [0, 0.05) is 18.3 Å². The molecule has 0 unspecified atom stereocenters. The first-order valence-corrected chi connectivity index (χ1v) is 11.4. The quantitative estimate of drug-likeness (QED) is 0.648. The minimum absolute atomic E-state index is 0.0597. The van der Waals surface area contributed by atoms with E-state index in [1.54, 1.807) is 11.1 Å². The highest BCUT2D eigenvalue weighted by Crippen LogP contribution is 2.65. The normalized spacial score (nSPS) is 46.4. The van der Waals surface area contributed by atoms with Gasteiger partial charge in [-0.2, -0.15) is 0 Å². The van der Waals surface area contributed by atoms with Crippen molar-refractivity contribution < 1.29 is 14.6 Å². The summed E-state index contributed by atoms with van der Waals surface area (Å²) in [6.07, 6.45) is 15.5. The Morgan fingerprint density at radius 2 is 1.85 bits per heavy atom. The lowest BCUT2D eigenvalue weighted by Crippen LogP contribution is -2.51. The fraction of sp³-hybridized carbons (Fsp3) is 0.833. The van der Waals surface area contributed by atoms with E-state index in [2.05, 4.69) is 19.1 Å². The molecule has 0 aromatic carbocycles. The standard InChI is InChI=1S/C24H36O3/c1-3-10-23(25)12-9-21-20-6-5-17-16-24(26-14-4-15-27-24)13-8-18(17)19(20)7-11-22(21,23)2/h3,10,19-21,25H,4-9,11-16H2,1-2H3/b10-3-/t19-,20-,21+,22+,23+/m1/s1. The van der Waals surface area contributed by atoms with E-state index < -0.39 is 5.60 Å². The van der Waals surface area contributed by atoms with Crippen molar-refractivity contribution in [3.8, 4) is 0 Å². The topological polar surface area (TPSA) is 38.7 Å².